The van der Waals surface area contributed by atoms with Crippen LogP contribution in [-0.2, 0) is 0 Å². The third-order valence-corrected chi connectivity index (χ3v) is 6.51. The molecule has 3 heterocycles. The van der Waals surface area contributed by atoms with Crippen molar-refractivity contribution < 1.29 is 9.53 Å². The summed E-state index contributed by atoms with van der Waals surface area (Å²) in [5, 5.41) is 0.721. The highest BCUT2D eigenvalue weighted by Gasteiger charge is 2.26. The molecule has 0 N–H and O–H groups in total. The van der Waals surface area contributed by atoms with Gasteiger partial charge in [-0.05, 0) is 30.7 Å². The van der Waals surface area contributed by atoms with Crippen molar-refractivity contribution in [3.05, 3.63) is 45.1 Å². The number of aryl methyl sites for hydroxylation is 1. The van der Waals surface area contributed by atoms with Crippen molar-refractivity contribution in [2.45, 2.75) is 25.9 Å². The van der Waals surface area contributed by atoms with Gasteiger partial charge < -0.3 is 9.64 Å². The molecule has 3 aromatic rings. The number of nitrogens with zero attached hydrogens (tertiary/aromatic N) is 2. The molecule has 0 radical (unpaired) electrons. The summed E-state index contributed by atoms with van der Waals surface area (Å²) in [5.74, 6) is 0.0611. The SMILES string of the molecule is Cc1cccc2sc(OC3CCN(C(=O)c4ccc(Cl)s4)CC3)nc12. The molecule has 1 aromatic carbocycles. The molecule has 4 nitrogen and oxygen atoms in total. The monoisotopic (exact) mass is 392 g/mol. The average Bonchev–Trinajstić information content (AvgIpc) is 3.22. The number of para-hydroxylation sites is 1. The normalized spacial score (nSPS) is 15.7. The van der Waals surface area contributed by atoms with Crippen LogP contribution in [-0.4, -0.2) is 35.0 Å². The van der Waals surface area contributed by atoms with Crippen molar-refractivity contribution >= 4 is 50.4 Å². The van der Waals surface area contributed by atoms with Gasteiger partial charge in [0.2, 0.25) is 0 Å². The number of ether oxygens (including phenoxy) is 1. The van der Waals surface area contributed by atoms with Crippen LogP contribution in [0, 0.1) is 6.92 Å². The Balaban J connectivity index is 1.38. The van der Waals surface area contributed by atoms with Gasteiger partial charge in [-0.2, -0.15) is 0 Å². The number of hydrogen-bond acceptors (Lipinski definition) is 5. The number of carbonyl (C=O) groups is 1. The Hall–Kier alpha value is -1.63. The predicted molar refractivity (Wildman–Crippen MR) is 103 cm³/mol. The Kier molecular flexibility index (Phi) is 4.67. The zero-order valence-electron chi connectivity index (χ0n) is 13.7. The zero-order chi connectivity index (χ0) is 17.4. The van der Waals surface area contributed by atoms with Crippen molar-refractivity contribution in [2.24, 2.45) is 0 Å². The lowest BCUT2D eigenvalue weighted by molar-refractivity contribution is 0.0600. The molecule has 1 aliphatic heterocycles. The largest absolute Gasteiger partial charge is 0.467 e. The van der Waals surface area contributed by atoms with Gasteiger partial charge in [0.05, 0.1) is 19.4 Å². The highest BCUT2D eigenvalue weighted by atomic mass is 35.5. The number of halogens is 1. The number of benzene rings is 1. The van der Waals surface area contributed by atoms with E-state index in [1.165, 1.54) is 16.9 Å². The number of fused-ring (bicyclic) bond motifs is 1. The third-order valence-electron chi connectivity index (χ3n) is 4.38. The standard InChI is InChI=1S/C18H17ClN2O2S2/c1-11-3-2-4-13-16(11)20-18(25-13)23-12-7-9-21(10-8-12)17(22)14-5-6-15(19)24-14/h2-6,12H,7-10H2,1H3. The fourth-order valence-electron chi connectivity index (χ4n) is 3.02. The molecule has 4 rings (SSSR count). The summed E-state index contributed by atoms with van der Waals surface area (Å²) in [6, 6.07) is 9.74. The van der Waals surface area contributed by atoms with Crippen LogP contribution >= 0.6 is 34.3 Å². The third kappa shape index (κ3) is 3.52. The number of likely N-dealkylation sites (tertiary alicyclic amines) is 1. The van der Waals surface area contributed by atoms with Crippen LogP contribution in [0.5, 0.6) is 5.19 Å². The lowest BCUT2D eigenvalue weighted by Gasteiger charge is -2.31. The Labute approximate surface area is 159 Å². The smallest absolute Gasteiger partial charge is 0.274 e. The molecule has 1 aliphatic rings. The number of amides is 1. The van der Waals surface area contributed by atoms with Crippen LogP contribution < -0.4 is 4.74 Å². The number of thiazole rings is 1. The summed E-state index contributed by atoms with van der Waals surface area (Å²) in [7, 11) is 0. The van der Waals surface area contributed by atoms with Crippen LogP contribution in [0.1, 0.15) is 28.1 Å². The van der Waals surface area contributed by atoms with E-state index in [1.54, 1.807) is 23.5 Å². The summed E-state index contributed by atoms with van der Waals surface area (Å²) in [4.78, 5) is 19.7. The summed E-state index contributed by atoms with van der Waals surface area (Å²) in [6.07, 6.45) is 1.75. The molecular weight excluding hydrogens is 376 g/mol. The van der Waals surface area contributed by atoms with E-state index in [0.29, 0.717) is 22.3 Å². The second-order valence-corrected chi connectivity index (χ2v) is 8.82. The van der Waals surface area contributed by atoms with Crippen LogP contribution in [0.2, 0.25) is 4.34 Å². The lowest BCUT2D eigenvalue weighted by Crippen LogP contribution is -2.41. The minimum Gasteiger partial charge on any atom is -0.467 e. The maximum atomic E-state index is 12.5. The van der Waals surface area contributed by atoms with Gasteiger partial charge >= 0.3 is 0 Å². The van der Waals surface area contributed by atoms with Gasteiger partial charge in [0.15, 0.2) is 0 Å². The van der Waals surface area contributed by atoms with E-state index in [9.17, 15) is 4.79 Å². The molecule has 0 spiro atoms. The van der Waals surface area contributed by atoms with Crippen molar-refractivity contribution in [2.75, 3.05) is 13.1 Å². The number of piperidine rings is 1. The Morgan fingerprint density at radius 3 is 2.72 bits per heavy atom. The van der Waals surface area contributed by atoms with Crippen molar-refractivity contribution in [3.63, 3.8) is 0 Å². The minimum absolute atomic E-state index is 0.0611. The summed E-state index contributed by atoms with van der Waals surface area (Å²) >= 11 is 8.84. The molecule has 0 saturated carbocycles. The molecule has 0 unspecified atom stereocenters. The Morgan fingerprint density at radius 2 is 2.04 bits per heavy atom. The molecule has 0 aliphatic carbocycles. The van der Waals surface area contributed by atoms with Crippen molar-refractivity contribution in [1.29, 1.82) is 0 Å². The number of hydrogen-bond donors (Lipinski definition) is 0. The topological polar surface area (TPSA) is 42.4 Å². The highest BCUT2D eigenvalue weighted by molar-refractivity contribution is 7.20. The van der Waals surface area contributed by atoms with Gasteiger partial charge in [-0.3, -0.25) is 4.79 Å². The fourth-order valence-corrected chi connectivity index (χ4v) is 4.99. The summed E-state index contributed by atoms with van der Waals surface area (Å²) < 4.78 is 7.88. The molecule has 1 saturated heterocycles. The molecule has 1 fully saturated rings. The maximum Gasteiger partial charge on any atom is 0.274 e. The van der Waals surface area contributed by atoms with Crippen molar-refractivity contribution in [1.82, 2.24) is 9.88 Å². The minimum atomic E-state index is 0.0611. The zero-order valence-corrected chi connectivity index (χ0v) is 16.1. The van der Waals surface area contributed by atoms with Crippen LogP contribution in [0.25, 0.3) is 10.2 Å². The predicted octanol–water partition coefficient (Wildman–Crippen LogP) is 5.00. The van der Waals surface area contributed by atoms with Gasteiger partial charge in [0, 0.05) is 25.9 Å². The summed E-state index contributed by atoms with van der Waals surface area (Å²) in [5.41, 5.74) is 2.18. The first-order valence-corrected chi connectivity index (χ1v) is 10.2. The molecule has 130 valence electrons. The van der Waals surface area contributed by atoms with Crippen LogP contribution in [0.15, 0.2) is 30.3 Å². The van der Waals surface area contributed by atoms with Gasteiger partial charge in [-0.15, -0.1) is 11.3 Å². The first-order chi connectivity index (χ1) is 12.1. The van der Waals surface area contributed by atoms with E-state index >= 15 is 0 Å². The number of carbonyl (C=O) groups excluding carboxylic acids is 1. The van der Waals surface area contributed by atoms with E-state index in [0.717, 1.165) is 28.3 Å². The Bertz CT molecular complexity index is 913. The Morgan fingerprint density at radius 1 is 1.24 bits per heavy atom. The summed E-state index contributed by atoms with van der Waals surface area (Å²) in [6.45, 7) is 3.46. The average molecular weight is 393 g/mol. The molecule has 0 bridgehead atoms. The first-order valence-electron chi connectivity index (χ1n) is 8.17. The van der Waals surface area contributed by atoms with Gasteiger partial charge in [0.1, 0.15) is 6.10 Å². The van der Waals surface area contributed by atoms with E-state index in [1.807, 2.05) is 11.0 Å². The van der Waals surface area contributed by atoms with E-state index in [-0.39, 0.29) is 12.0 Å². The molecule has 25 heavy (non-hydrogen) atoms. The first kappa shape index (κ1) is 16.8. The number of aromatic nitrogens is 1. The lowest BCUT2D eigenvalue weighted by atomic mass is 10.1. The van der Waals surface area contributed by atoms with E-state index in [4.69, 9.17) is 16.3 Å². The second kappa shape index (κ2) is 6.94. The molecular formula is C18H17ClN2O2S2. The van der Waals surface area contributed by atoms with E-state index in [2.05, 4.69) is 24.0 Å². The van der Waals surface area contributed by atoms with Gasteiger partial charge in [-0.1, -0.05) is 35.1 Å². The number of thiophene rings is 1. The number of rotatable bonds is 3. The quantitative estimate of drug-likeness (QED) is 0.629. The van der Waals surface area contributed by atoms with Crippen LogP contribution in [0.4, 0.5) is 0 Å². The molecule has 7 heteroatoms. The molecule has 2 aromatic heterocycles. The van der Waals surface area contributed by atoms with E-state index < -0.39 is 0 Å². The van der Waals surface area contributed by atoms with Gasteiger partial charge in [0.25, 0.3) is 11.1 Å². The van der Waals surface area contributed by atoms with Gasteiger partial charge in [-0.25, -0.2) is 4.98 Å². The molecule has 0 atom stereocenters. The van der Waals surface area contributed by atoms with Crippen molar-refractivity contribution in [3.8, 4) is 5.19 Å². The fraction of sp³-hybridized carbons (Fsp3) is 0.333. The maximum absolute atomic E-state index is 12.5. The van der Waals surface area contributed by atoms with Crippen LogP contribution in [0.3, 0.4) is 0 Å². The molecule has 1 amide bonds. The highest BCUT2D eigenvalue weighted by Crippen LogP contribution is 2.31. The second-order valence-electron chi connectivity index (χ2n) is 6.11.